The molecule has 0 aromatic carbocycles. The van der Waals surface area contributed by atoms with E-state index in [1.807, 2.05) is 12.5 Å². The molecule has 1 saturated carbocycles. The molecule has 0 spiro atoms. The first-order chi connectivity index (χ1) is 8.76. The van der Waals surface area contributed by atoms with Gasteiger partial charge in [0.05, 0.1) is 18.2 Å². The second-order valence-corrected chi connectivity index (χ2v) is 4.78. The largest absolute Gasteiger partial charge is 0.383 e. The van der Waals surface area contributed by atoms with E-state index in [9.17, 15) is 0 Å². The first-order valence-electron chi connectivity index (χ1n) is 6.63. The number of rotatable bonds is 4. The highest BCUT2D eigenvalue weighted by Gasteiger charge is 2.27. The summed E-state index contributed by atoms with van der Waals surface area (Å²) in [7, 11) is 0. The number of hydrogen-bond acceptors (Lipinski definition) is 3. The summed E-state index contributed by atoms with van der Waals surface area (Å²) in [4.78, 5) is 8.94. The van der Waals surface area contributed by atoms with Gasteiger partial charge in [-0.15, -0.1) is 0 Å². The topological polar surface area (TPSA) is 61.7 Å². The molecular weight excluding hydrogens is 226 g/mol. The molecule has 0 aliphatic heterocycles. The summed E-state index contributed by atoms with van der Waals surface area (Å²) in [6, 6.07) is 0.596. The van der Waals surface area contributed by atoms with E-state index in [1.54, 1.807) is 0 Å². The van der Waals surface area contributed by atoms with Gasteiger partial charge in [0.15, 0.2) is 0 Å². The van der Waals surface area contributed by atoms with Crippen molar-refractivity contribution >= 4 is 5.82 Å². The highest BCUT2D eigenvalue weighted by molar-refractivity contribution is 5.68. The van der Waals surface area contributed by atoms with Gasteiger partial charge in [0, 0.05) is 19.0 Å². The van der Waals surface area contributed by atoms with Crippen LogP contribution in [0.5, 0.6) is 0 Å². The Kier molecular flexibility index (Phi) is 2.61. The van der Waals surface area contributed by atoms with Crippen molar-refractivity contribution in [3.8, 4) is 11.4 Å². The highest BCUT2D eigenvalue weighted by atomic mass is 15.2. The number of aromatic nitrogens is 4. The first kappa shape index (κ1) is 11.3. The summed E-state index contributed by atoms with van der Waals surface area (Å²) in [5, 5.41) is 0. The maximum Gasteiger partial charge on any atom is 0.133 e. The zero-order valence-corrected chi connectivity index (χ0v) is 10.9. The van der Waals surface area contributed by atoms with Gasteiger partial charge in [-0.25, -0.2) is 9.97 Å². The van der Waals surface area contributed by atoms with Crippen LogP contribution in [-0.2, 0) is 13.0 Å². The number of nitrogen functional groups attached to an aromatic ring is 1. The molecule has 1 aliphatic carbocycles. The van der Waals surface area contributed by atoms with E-state index >= 15 is 0 Å². The van der Waals surface area contributed by atoms with Gasteiger partial charge in [-0.1, -0.05) is 6.92 Å². The molecule has 5 nitrogen and oxygen atoms in total. The molecule has 1 fully saturated rings. The summed E-state index contributed by atoms with van der Waals surface area (Å²) in [5.41, 5.74) is 8.17. The third-order valence-electron chi connectivity index (χ3n) is 3.57. The zero-order chi connectivity index (χ0) is 12.7. The molecule has 0 radical (unpaired) electrons. The third-order valence-corrected chi connectivity index (χ3v) is 3.57. The van der Waals surface area contributed by atoms with Gasteiger partial charge < -0.3 is 14.9 Å². The average molecular weight is 245 g/mol. The van der Waals surface area contributed by atoms with Crippen molar-refractivity contribution in [1.82, 2.24) is 19.1 Å². The maximum absolute atomic E-state index is 6.23. The average Bonchev–Trinajstić information content (AvgIpc) is 3.02. The molecule has 2 heterocycles. The van der Waals surface area contributed by atoms with E-state index in [4.69, 9.17) is 5.73 Å². The Balaban J connectivity index is 2.10. The van der Waals surface area contributed by atoms with Crippen LogP contribution in [-0.4, -0.2) is 19.1 Å². The summed E-state index contributed by atoms with van der Waals surface area (Å²) >= 11 is 0. The van der Waals surface area contributed by atoms with Crippen LogP contribution in [0, 0.1) is 0 Å². The summed E-state index contributed by atoms with van der Waals surface area (Å²) in [5.74, 6) is 1.81. The van der Waals surface area contributed by atoms with Gasteiger partial charge in [-0.2, -0.15) is 0 Å². The zero-order valence-electron chi connectivity index (χ0n) is 10.9. The monoisotopic (exact) mass is 245 g/mol. The molecule has 2 aromatic rings. The van der Waals surface area contributed by atoms with Crippen LogP contribution in [0.1, 0.15) is 38.6 Å². The standard InChI is InChI=1S/C13H19N5/c1-3-11-16-12(13(14)17(11)4-2)10-7-15-8-18(10)9-5-6-9/h7-9H,3-6,14H2,1-2H3. The normalized spacial score (nSPS) is 15.2. The number of nitrogens with zero attached hydrogens (tertiary/aromatic N) is 4. The smallest absolute Gasteiger partial charge is 0.133 e. The molecule has 1 aliphatic rings. The molecule has 0 amide bonds. The Labute approximate surface area is 107 Å². The second kappa shape index (κ2) is 4.15. The first-order valence-corrected chi connectivity index (χ1v) is 6.63. The minimum atomic E-state index is 0.596. The lowest BCUT2D eigenvalue weighted by Crippen LogP contribution is -2.04. The number of aryl methyl sites for hydroxylation is 1. The molecule has 0 bridgehead atoms. The summed E-state index contributed by atoms with van der Waals surface area (Å²) in [6.45, 7) is 5.06. The molecule has 5 heteroatoms. The highest BCUT2D eigenvalue weighted by Crippen LogP contribution is 2.39. The Morgan fingerprint density at radius 3 is 2.72 bits per heavy atom. The SMILES string of the molecule is CCc1nc(-c2cncn2C2CC2)c(N)n1CC. The summed E-state index contributed by atoms with van der Waals surface area (Å²) in [6.07, 6.45) is 7.13. The maximum atomic E-state index is 6.23. The lowest BCUT2D eigenvalue weighted by molar-refractivity contribution is 0.713. The lowest BCUT2D eigenvalue weighted by Gasteiger charge is -2.06. The fourth-order valence-electron chi connectivity index (χ4n) is 2.46. The van der Waals surface area contributed by atoms with Crippen molar-refractivity contribution in [2.45, 2.75) is 45.7 Å². The van der Waals surface area contributed by atoms with Crippen LogP contribution >= 0.6 is 0 Å². The predicted molar refractivity (Wildman–Crippen MR) is 71.2 cm³/mol. The van der Waals surface area contributed by atoms with E-state index in [-0.39, 0.29) is 0 Å². The van der Waals surface area contributed by atoms with Crippen molar-refractivity contribution in [2.24, 2.45) is 0 Å². The van der Waals surface area contributed by atoms with Crippen molar-refractivity contribution in [3.63, 3.8) is 0 Å². The fourth-order valence-corrected chi connectivity index (χ4v) is 2.46. The van der Waals surface area contributed by atoms with Crippen molar-refractivity contribution in [1.29, 1.82) is 0 Å². The lowest BCUT2D eigenvalue weighted by atomic mass is 10.3. The van der Waals surface area contributed by atoms with E-state index < -0.39 is 0 Å². The summed E-state index contributed by atoms with van der Waals surface area (Å²) < 4.78 is 4.29. The van der Waals surface area contributed by atoms with Gasteiger partial charge in [0.1, 0.15) is 17.3 Å². The molecule has 3 rings (SSSR count). The molecule has 96 valence electrons. The number of hydrogen-bond donors (Lipinski definition) is 1. The minimum absolute atomic E-state index is 0.596. The van der Waals surface area contributed by atoms with E-state index in [0.29, 0.717) is 6.04 Å². The minimum Gasteiger partial charge on any atom is -0.383 e. The van der Waals surface area contributed by atoms with Gasteiger partial charge in [-0.3, -0.25) is 0 Å². The van der Waals surface area contributed by atoms with Crippen molar-refractivity contribution < 1.29 is 0 Å². The van der Waals surface area contributed by atoms with Gasteiger partial charge >= 0.3 is 0 Å². The van der Waals surface area contributed by atoms with Crippen LogP contribution in [0.25, 0.3) is 11.4 Å². The van der Waals surface area contributed by atoms with Crippen LogP contribution in [0.2, 0.25) is 0 Å². The molecule has 0 atom stereocenters. The van der Waals surface area contributed by atoms with Crippen LogP contribution in [0.4, 0.5) is 5.82 Å². The molecular formula is C13H19N5. The predicted octanol–water partition coefficient (Wildman–Crippen LogP) is 2.25. The molecule has 0 saturated heterocycles. The molecule has 0 unspecified atom stereocenters. The Hall–Kier alpha value is -1.78. The van der Waals surface area contributed by atoms with E-state index in [0.717, 1.165) is 36.0 Å². The quantitative estimate of drug-likeness (QED) is 0.898. The number of nitrogens with two attached hydrogens (primary N) is 1. The number of anilines is 1. The van der Waals surface area contributed by atoms with Crippen molar-refractivity contribution in [3.05, 3.63) is 18.3 Å². The molecule has 2 N–H and O–H groups in total. The van der Waals surface area contributed by atoms with Crippen molar-refractivity contribution in [2.75, 3.05) is 5.73 Å². The van der Waals surface area contributed by atoms with Crippen LogP contribution < -0.4 is 5.73 Å². The Morgan fingerprint density at radius 2 is 2.17 bits per heavy atom. The Bertz CT molecular complexity index is 562. The van der Waals surface area contributed by atoms with E-state index in [2.05, 4.69) is 32.9 Å². The van der Waals surface area contributed by atoms with Crippen LogP contribution in [0.3, 0.4) is 0 Å². The van der Waals surface area contributed by atoms with Gasteiger partial charge in [-0.05, 0) is 19.8 Å². The van der Waals surface area contributed by atoms with Gasteiger partial charge in [0.25, 0.3) is 0 Å². The van der Waals surface area contributed by atoms with Crippen LogP contribution in [0.15, 0.2) is 12.5 Å². The van der Waals surface area contributed by atoms with Gasteiger partial charge in [0.2, 0.25) is 0 Å². The Morgan fingerprint density at radius 1 is 1.39 bits per heavy atom. The fraction of sp³-hybridized carbons (Fsp3) is 0.538. The number of imidazole rings is 2. The third kappa shape index (κ3) is 1.62. The molecule has 18 heavy (non-hydrogen) atoms. The molecule has 2 aromatic heterocycles. The second-order valence-electron chi connectivity index (χ2n) is 4.78. The van der Waals surface area contributed by atoms with E-state index in [1.165, 1.54) is 12.8 Å².